The van der Waals surface area contributed by atoms with E-state index in [0.717, 1.165) is 11.1 Å². The molecule has 3 aromatic rings. The maximum absolute atomic E-state index is 12.5. The lowest BCUT2D eigenvalue weighted by Gasteiger charge is -2.14. The van der Waals surface area contributed by atoms with Crippen molar-refractivity contribution in [3.63, 3.8) is 0 Å². The fraction of sp³-hybridized carbons (Fsp3) is 0.136. The van der Waals surface area contributed by atoms with Gasteiger partial charge >= 0.3 is 0 Å². The van der Waals surface area contributed by atoms with Gasteiger partial charge in [-0.2, -0.15) is 0 Å². The molecule has 0 heterocycles. The van der Waals surface area contributed by atoms with E-state index in [9.17, 15) is 4.79 Å². The quantitative estimate of drug-likeness (QED) is 0.581. The normalized spacial score (nSPS) is 10.3. The van der Waals surface area contributed by atoms with E-state index in [0.29, 0.717) is 34.7 Å². The van der Waals surface area contributed by atoms with E-state index in [-0.39, 0.29) is 5.91 Å². The molecule has 1 N–H and O–H groups in total. The zero-order chi connectivity index (χ0) is 19.1. The van der Waals surface area contributed by atoms with Crippen LogP contribution in [0.2, 0.25) is 0 Å². The highest BCUT2D eigenvalue weighted by Gasteiger charge is 2.16. The Morgan fingerprint density at radius 3 is 2.22 bits per heavy atom. The highest BCUT2D eigenvalue weighted by atomic mass is 79.9. The van der Waals surface area contributed by atoms with Gasteiger partial charge in [0.05, 0.1) is 11.6 Å². The molecule has 0 aliphatic carbocycles. The third kappa shape index (κ3) is 5.11. The fourth-order valence-electron chi connectivity index (χ4n) is 2.60. The molecule has 0 spiro atoms. The maximum atomic E-state index is 12.5. The maximum Gasteiger partial charge on any atom is 0.251 e. The summed E-state index contributed by atoms with van der Waals surface area (Å²) in [6.07, 6.45) is 0. The molecule has 3 rings (SSSR count). The van der Waals surface area contributed by atoms with Gasteiger partial charge in [-0.15, -0.1) is 0 Å². The molecule has 0 fully saturated rings. The second-order valence-electron chi connectivity index (χ2n) is 5.93. The van der Waals surface area contributed by atoms with E-state index in [1.807, 2.05) is 60.7 Å². The van der Waals surface area contributed by atoms with E-state index in [1.54, 1.807) is 19.2 Å². The monoisotopic (exact) mass is 425 g/mol. The van der Waals surface area contributed by atoms with Crippen LogP contribution in [-0.4, -0.2) is 13.0 Å². The Morgan fingerprint density at radius 2 is 1.59 bits per heavy atom. The van der Waals surface area contributed by atoms with Crippen LogP contribution in [0.5, 0.6) is 11.5 Å². The molecule has 0 aromatic heterocycles. The molecule has 5 heteroatoms. The zero-order valence-corrected chi connectivity index (χ0v) is 16.5. The molecule has 3 aromatic carbocycles. The number of amides is 1. The predicted molar refractivity (Wildman–Crippen MR) is 109 cm³/mol. The molecule has 4 nitrogen and oxygen atoms in total. The van der Waals surface area contributed by atoms with Gasteiger partial charge in [-0.1, -0.05) is 60.7 Å². The molecule has 0 aliphatic rings. The van der Waals surface area contributed by atoms with E-state index in [2.05, 4.69) is 21.2 Å². The lowest BCUT2D eigenvalue weighted by atomic mass is 10.1. The van der Waals surface area contributed by atoms with Crippen LogP contribution >= 0.6 is 15.9 Å². The van der Waals surface area contributed by atoms with Crippen molar-refractivity contribution in [1.82, 2.24) is 5.32 Å². The van der Waals surface area contributed by atoms with E-state index < -0.39 is 0 Å². The topological polar surface area (TPSA) is 47.6 Å². The molecule has 27 heavy (non-hydrogen) atoms. The fourth-order valence-corrected chi connectivity index (χ4v) is 3.16. The van der Waals surface area contributed by atoms with Gasteiger partial charge in [0.15, 0.2) is 11.5 Å². The van der Waals surface area contributed by atoms with Gasteiger partial charge in [0.25, 0.3) is 5.91 Å². The number of nitrogens with one attached hydrogen (secondary N) is 1. The number of rotatable bonds is 7. The van der Waals surface area contributed by atoms with Gasteiger partial charge < -0.3 is 14.8 Å². The Balaban J connectivity index is 1.71. The Labute approximate surface area is 167 Å². The molecule has 0 saturated carbocycles. The number of carbonyl (C=O) groups is 1. The molecule has 0 bridgehead atoms. The number of halogens is 1. The van der Waals surface area contributed by atoms with Crippen LogP contribution in [0.25, 0.3) is 0 Å². The van der Waals surface area contributed by atoms with Crippen molar-refractivity contribution in [2.24, 2.45) is 0 Å². The zero-order valence-electron chi connectivity index (χ0n) is 14.9. The Hall–Kier alpha value is -2.79. The van der Waals surface area contributed by atoms with Crippen LogP contribution in [0, 0.1) is 0 Å². The second-order valence-corrected chi connectivity index (χ2v) is 6.79. The van der Waals surface area contributed by atoms with Crippen LogP contribution in [0.1, 0.15) is 21.5 Å². The van der Waals surface area contributed by atoms with Gasteiger partial charge in [0.2, 0.25) is 0 Å². The summed E-state index contributed by atoms with van der Waals surface area (Å²) < 4.78 is 12.0. The summed E-state index contributed by atoms with van der Waals surface area (Å²) in [6, 6.07) is 23.1. The summed E-state index contributed by atoms with van der Waals surface area (Å²) in [5.74, 6) is 0.901. The van der Waals surface area contributed by atoms with Crippen molar-refractivity contribution in [1.29, 1.82) is 0 Å². The number of methoxy groups -OCH3 is 1. The summed E-state index contributed by atoms with van der Waals surface area (Å²) in [5, 5.41) is 2.91. The average Bonchev–Trinajstić information content (AvgIpc) is 2.72. The lowest BCUT2D eigenvalue weighted by molar-refractivity contribution is 0.0950. The molecule has 0 atom stereocenters. The number of hydrogen-bond donors (Lipinski definition) is 1. The first-order chi connectivity index (χ1) is 13.2. The predicted octanol–water partition coefficient (Wildman–Crippen LogP) is 4.97. The van der Waals surface area contributed by atoms with Crippen LogP contribution in [0.3, 0.4) is 0 Å². The van der Waals surface area contributed by atoms with E-state index >= 15 is 0 Å². The van der Waals surface area contributed by atoms with E-state index in [1.165, 1.54) is 0 Å². The Morgan fingerprint density at radius 1 is 0.963 bits per heavy atom. The van der Waals surface area contributed by atoms with Crippen molar-refractivity contribution < 1.29 is 14.3 Å². The second kappa shape index (κ2) is 9.24. The van der Waals surface area contributed by atoms with Crippen molar-refractivity contribution in [2.45, 2.75) is 13.2 Å². The average molecular weight is 426 g/mol. The number of benzene rings is 3. The van der Waals surface area contributed by atoms with Crippen LogP contribution in [0.4, 0.5) is 0 Å². The smallest absolute Gasteiger partial charge is 0.251 e. The minimum absolute atomic E-state index is 0.174. The van der Waals surface area contributed by atoms with Crippen molar-refractivity contribution in [2.75, 3.05) is 7.11 Å². The summed E-state index contributed by atoms with van der Waals surface area (Å²) in [7, 11) is 1.56. The third-order valence-corrected chi connectivity index (χ3v) is 4.60. The van der Waals surface area contributed by atoms with Crippen LogP contribution in [0.15, 0.2) is 77.3 Å². The van der Waals surface area contributed by atoms with Gasteiger partial charge in [0, 0.05) is 12.1 Å². The first kappa shape index (κ1) is 19.0. The minimum atomic E-state index is -0.174. The Kier molecular flexibility index (Phi) is 6.49. The van der Waals surface area contributed by atoms with Gasteiger partial charge in [-0.3, -0.25) is 4.79 Å². The molecule has 0 aliphatic heterocycles. The molecular formula is C22H20BrNO3. The number of carbonyl (C=O) groups excluding carboxylic acids is 1. The molecule has 0 saturated heterocycles. The number of ether oxygens (including phenoxy) is 2. The largest absolute Gasteiger partial charge is 0.493 e. The highest BCUT2D eigenvalue weighted by molar-refractivity contribution is 9.10. The van der Waals surface area contributed by atoms with Gasteiger partial charge in [-0.25, -0.2) is 0 Å². The molecule has 1 amide bonds. The van der Waals surface area contributed by atoms with Gasteiger partial charge in [0.1, 0.15) is 6.61 Å². The highest BCUT2D eigenvalue weighted by Crippen LogP contribution is 2.37. The summed E-state index contributed by atoms with van der Waals surface area (Å²) in [5.41, 5.74) is 2.59. The van der Waals surface area contributed by atoms with Crippen LogP contribution < -0.4 is 14.8 Å². The standard InChI is InChI=1S/C22H20BrNO3/c1-26-20-13-18(22(25)24-14-16-8-4-2-5-9-16)12-19(23)21(20)27-15-17-10-6-3-7-11-17/h2-13H,14-15H2,1H3,(H,24,25). The summed E-state index contributed by atoms with van der Waals surface area (Å²) >= 11 is 3.49. The summed E-state index contributed by atoms with van der Waals surface area (Å²) in [6.45, 7) is 0.876. The minimum Gasteiger partial charge on any atom is -0.493 e. The molecule has 0 unspecified atom stereocenters. The van der Waals surface area contributed by atoms with Crippen molar-refractivity contribution in [3.8, 4) is 11.5 Å². The molecule has 0 radical (unpaired) electrons. The number of hydrogen-bond acceptors (Lipinski definition) is 3. The van der Waals surface area contributed by atoms with Crippen LogP contribution in [-0.2, 0) is 13.2 Å². The summed E-state index contributed by atoms with van der Waals surface area (Å²) in [4.78, 5) is 12.5. The van der Waals surface area contributed by atoms with E-state index in [4.69, 9.17) is 9.47 Å². The van der Waals surface area contributed by atoms with Crippen molar-refractivity contribution in [3.05, 3.63) is 94.0 Å². The lowest BCUT2D eigenvalue weighted by Crippen LogP contribution is -2.22. The molecular weight excluding hydrogens is 406 g/mol. The molecule has 138 valence electrons. The SMILES string of the molecule is COc1cc(C(=O)NCc2ccccc2)cc(Br)c1OCc1ccccc1. The third-order valence-electron chi connectivity index (χ3n) is 4.01. The first-order valence-electron chi connectivity index (χ1n) is 8.54. The van der Waals surface area contributed by atoms with Crippen molar-refractivity contribution >= 4 is 21.8 Å². The Bertz CT molecular complexity index is 898. The first-order valence-corrected chi connectivity index (χ1v) is 9.33. The van der Waals surface area contributed by atoms with Gasteiger partial charge in [-0.05, 0) is 39.2 Å².